The summed E-state index contributed by atoms with van der Waals surface area (Å²) in [6, 6.07) is 16.9. The second kappa shape index (κ2) is 9.76. The number of amides is 1. The van der Waals surface area contributed by atoms with Gasteiger partial charge in [0.05, 0.1) is 16.0 Å². The number of thiazole rings is 1. The van der Waals surface area contributed by atoms with Gasteiger partial charge in [0.2, 0.25) is 0 Å². The number of fused-ring (bicyclic) bond motifs is 1. The smallest absolute Gasteiger partial charge is 0.316 e. The predicted molar refractivity (Wildman–Crippen MR) is 121 cm³/mol. The topological polar surface area (TPSA) is 86.1 Å². The van der Waals surface area contributed by atoms with Gasteiger partial charge >= 0.3 is 5.97 Å². The number of hydrogen-bond acceptors (Lipinski definition) is 7. The number of benzene rings is 2. The monoisotopic (exact) mass is 452 g/mol. The van der Waals surface area contributed by atoms with Crippen molar-refractivity contribution < 1.29 is 14.3 Å². The minimum absolute atomic E-state index is 0.0918. The molecule has 158 valence electrons. The SMILES string of the molecule is Cn1ccnc1C(NC(=O)COC(=O)CSc1nc2ccccc2s1)c1ccccc1. The Morgan fingerprint density at radius 2 is 1.94 bits per heavy atom. The van der Waals surface area contributed by atoms with Gasteiger partial charge in [-0.2, -0.15) is 0 Å². The van der Waals surface area contributed by atoms with E-state index in [1.807, 2.05) is 72.4 Å². The first-order valence-corrected chi connectivity index (χ1v) is 11.4. The summed E-state index contributed by atoms with van der Waals surface area (Å²) in [5.74, 6) is -0.0747. The number of aryl methyl sites for hydroxylation is 1. The van der Waals surface area contributed by atoms with Gasteiger partial charge in [-0.05, 0) is 17.7 Å². The van der Waals surface area contributed by atoms with E-state index in [1.54, 1.807) is 6.20 Å². The van der Waals surface area contributed by atoms with Crippen molar-refractivity contribution in [2.75, 3.05) is 12.4 Å². The minimum Gasteiger partial charge on any atom is -0.455 e. The summed E-state index contributed by atoms with van der Waals surface area (Å²) in [7, 11) is 1.86. The van der Waals surface area contributed by atoms with Crippen LogP contribution in [-0.4, -0.2) is 38.8 Å². The Hall–Kier alpha value is -3.17. The molecule has 0 bridgehead atoms. The lowest BCUT2D eigenvalue weighted by Crippen LogP contribution is -2.34. The molecule has 31 heavy (non-hydrogen) atoms. The molecular weight excluding hydrogens is 432 g/mol. The molecule has 0 radical (unpaired) electrons. The van der Waals surface area contributed by atoms with Crippen LogP contribution in [0, 0.1) is 0 Å². The predicted octanol–water partition coefficient (Wildman–Crippen LogP) is 3.57. The third-order valence-corrected chi connectivity index (χ3v) is 6.66. The van der Waals surface area contributed by atoms with Crippen LogP contribution >= 0.6 is 23.1 Å². The highest BCUT2D eigenvalue weighted by atomic mass is 32.2. The highest BCUT2D eigenvalue weighted by Gasteiger charge is 2.21. The molecule has 0 aliphatic carbocycles. The number of thioether (sulfide) groups is 1. The number of carbonyl (C=O) groups is 2. The van der Waals surface area contributed by atoms with Crippen molar-refractivity contribution in [2.24, 2.45) is 7.05 Å². The third kappa shape index (κ3) is 5.31. The number of nitrogens with one attached hydrogen (secondary N) is 1. The van der Waals surface area contributed by atoms with E-state index >= 15 is 0 Å². The molecule has 1 amide bonds. The first kappa shape index (κ1) is 21.1. The Labute approximate surface area is 187 Å². The van der Waals surface area contributed by atoms with Crippen molar-refractivity contribution in [2.45, 2.75) is 10.4 Å². The quantitative estimate of drug-likeness (QED) is 0.325. The van der Waals surface area contributed by atoms with Crippen LogP contribution in [0.4, 0.5) is 0 Å². The fraction of sp³-hybridized carbons (Fsp3) is 0.182. The second-order valence-corrected chi connectivity index (χ2v) is 8.96. The Bertz CT molecular complexity index is 1160. The number of nitrogens with zero attached hydrogens (tertiary/aromatic N) is 3. The largest absolute Gasteiger partial charge is 0.455 e. The zero-order chi connectivity index (χ0) is 21.6. The maximum atomic E-state index is 12.5. The number of para-hydroxylation sites is 1. The second-order valence-electron chi connectivity index (χ2n) is 6.70. The molecule has 2 heterocycles. The highest BCUT2D eigenvalue weighted by Crippen LogP contribution is 2.29. The molecule has 9 heteroatoms. The highest BCUT2D eigenvalue weighted by molar-refractivity contribution is 8.01. The maximum absolute atomic E-state index is 12.5. The lowest BCUT2D eigenvalue weighted by Gasteiger charge is -2.19. The summed E-state index contributed by atoms with van der Waals surface area (Å²) in [6.07, 6.45) is 3.49. The van der Waals surface area contributed by atoms with Crippen molar-refractivity contribution in [3.05, 3.63) is 78.4 Å². The van der Waals surface area contributed by atoms with Gasteiger partial charge < -0.3 is 14.6 Å². The van der Waals surface area contributed by atoms with Crippen molar-refractivity contribution in [3.63, 3.8) is 0 Å². The van der Waals surface area contributed by atoms with Crippen LogP contribution in [0.25, 0.3) is 10.2 Å². The summed E-state index contributed by atoms with van der Waals surface area (Å²) in [5.41, 5.74) is 1.80. The molecule has 1 N–H and O–H groups in total. The van der Waals surface area contributed by atoms with Crippen LogP contribution in [0.1, 0.15) is 17.4 Å². The molecule has 0 fully saturated rings. The van der Waals surface area contributed by atoms with E-state index in [0.29, 0.717) is 5.82 Å². The van der Waals surface area contributed by atoms with Crippen molar-refractivity contribution in [1.82, 2.24) is 19.9 Å². The number of rotatable bonds is 8. The zero-order valence-corrected chi connectivity index (χ0v) is 18.4. The van der Waals surface area contributed by atoms with Crippen LogP contribution in [0.5, 0.6) is 0 Å². The Balaban J connectivity index is 1.31. The number of aromatic nitrogens is 3. The van der Waals surface area contributed by atoms with Crippen molar-refractivity contribution >= 4 is 45.2 Å². The molecule has 0 saturated carbocycles. The van der Waals surface area contributed by atoms with E-state index in [9.17, 15) is 9.59 Å². The fourth-order valence-electron chi connectivity index (χ4n) is 3.02. The first-order valence-electron chi connectivity index (χ1n) is 9.55. The maximum Gasteiger partial charge on any atom is 0.316 e. The van der Waals surface area contributed by atoms with Gasteiger partial charge in [0.1, 0.15) is 11.9 Å². The van der Waals surface area contributed by atoms with Gasteiger partial charge in [-0.3, -0.25) is 9.59 Å². The molecule has 7 nitrogen and oxygen atoms in total. The molecule has 4 aromatic rings. The van der Waals surface area contributed by atoms with Crippen LogP contribution in [-0.2, 0) is 21.4 Å². The number of imidazole rings is 1. The molecule has 0 aliphatic heterocycles. The molecule has 1 atom stereocenters. The van der Waals surface area contributed by atoms with E-state index in [2.05, 4.69) is 15.3 Å². The average Bonchev–Trinajstić information content (AvgIpc) is 3.40. The number of ether oxygens (including phenoxy) is 1. The minimum atomic E-state index is -0.465. The van der Waals surface area contributed by atoms with Gasteiger partial charge in [0.25, 0.3) is 5.91 Å². The van der Waals surface area contributed by atoms with Crippen LogP contribution in [0.3, 0.4) is 0 Å². The number of esters is 1. The van der Waals surface area contributed by atoms with Gasteiger partial charge in [0.15, 0.2) is 10.9 Å². The Morgan fingerprint density at radius 1 is 1.16 bits per heavy atom. The van der Waals surface area contributed by atoms with Crippen molar-refractivity contribution in [3.8, 4) is 0 Å². The van der Waals surface area contributed by atoms with E-state index in [1.165, 1.54) is 23.1 Å². The molecule has 4 rings (SSSR count). The average molecular weight is 453 g/mol. The summed E-state index contributed by atoms with van der Waals surface area (Å²) in [6.45, 7) is -0.354. The van der Waals surface area contributed by atoms with Crippen LogP contribution < -0.4 is 5.32 Å². The Morgan fingerprint density at radius 3 is 2.68 bits per heavy atom. The molecule has 0 spiro atoms. The van der Waals surface area contributed by atoms with E-state index < -0.39 is 17.9 Å². The van der Waals surface area contributed by atoms with E-state index in [4.69, 9.17) is 4.74 Å². The van der Waals surface area contributed by atoms with Gasteiger partial charge in [0, 0.05) is 19.4 Å². The van der Waals surface area contributed by atoms with Crippen LogP contribution in [0.15, 0.2) is 71.3 Å². The third-order valence-electron chi connectivity index (χ3n) is 4.51. The normalized spacial score (nSPS) is 11.9. The van der Waals surface area contributed by atoms with Gasteiger partial charge in [-0.25, -0.2) is 9.97 Å². The summed E-state index contributed by atoms with van der Waals surface area (Å²) in [4.78, 5) is 33.4. The molecule has 0 aliphatic rings. The standard InChI is InChI=1S/C22H20N4O3S2/c1-26-12-11-23-21(26)20(15-7-3-2-4-8-15)25-18(27)13-29-19(28)14-30-22-24-16-9-5-6-10-17(16)31-22/h2-12,20H,13-14H2,1H3,(H,25,27). The number of carbonyl (C=O) groups excluding carboxylic acids is 2. The lowest BCUT2D eigenvalue weighted by molar-refractivity contribution is -0.146. The lowest BCUT2D eigenvalue weighted by atomic mass is 10.1. The van der Waals surface area contributed by atoms with Gasteiger partial charge in [-0.15, -0.1) is 11.3 Å². The summed E-state index contributed by atoms with van der Waals surface area (Å²) < 4.78 is 8.87. The molecular formula is C22H20N4O3S2. The molecule has 1 unspecified atom stereocenters. The summed E-state index contributed by atoms with van der Waals surface area (Å²) in [5, 5.41) is 2.91. The molecule has 2 aromatic heterocycles. The number of hydrogen-bond donors (Lipinski definition) is 1. The molecule has 0 saturated heterocycles. The van der Waals surface area contributed by atoms with E-state index in [0.717, 1.165) is 20.1 Å². The Kier molecular flexibility index (Phi) is 6.63. The zero-order valence-electron chi connectivity index (χ0n) is 16.7. The summed E-state index contributed by atoms with van der Waals surface area (Å²) >= 11 is 2.83. The van der Waals surface area contributed by atoms with E-state index in [-0.39, 0.29) is 12.4 Å². The van der Waals surface area contributed by atoms with Gasteiger partial charge in [-0.1, -0.05) is 54.2 Å². The fourth-order valence-corrected chi connectivity index (χ4v) is 4.89. The van der Waals surface area contributed by atoms with Crippen molar-refractivity contribution in [1.29, 1.82) is 0 Å². The van der Waals surface area contributed by atoms with Crippen LogP contribution in [0.2, 0.25) is 0 Å². The molecule has 2 aromatic carbocycles. The first-order chi connectivity index (χ1) is 15.1.